The van der Waals surface area contributed by atoms with Crippen LogP contribution in [0.1, 0.15) is 38.5 Å². The Morgan fingerprint density at radius 2 is 1.58 bits per heavy atom. The fourth-order valence-corrected chi connectivity index (χ4v) is 2.16. The van der Waals surface area contributed by atoms with Gasteiger partial charge in [0.05, 0.1) is 6.10 Å². The third kappa shape index (κ3) is 6.39. The molecule has 0 radical (unpaired) electrons. The molecule has 0 aromatic carbocycles. The van der Waals surface area contributed by atoms with Crippen molar-refractivity contribution in [3.8, 4) is 0 Å². The van der Waals surface area contributed by atoms with Crippen LogP contribution in [-0.4, -0.2) is 25.3 Å². The number of hydrogen-bond donors (Lipinski definition) is 0. The summed E-state index contributed by atoms with van der Waals surface area (Å²) in [6, 6.07) is 0. The smallest absolute Gasteiger partial charge is 0.330 e. The molecule has 2 unspecified atom stereocenters. The Balaban J connectivity index is 2.67. The number of esters is 1. The van der Waals surface area contributed by atoms with E-state index in [1.165, 1.54) is 6.08 Å². The van der Waals surface area contributed by atoms with Crippen LogP contribution in [0.3, 0.4) is 0 Å². The van der Waals surface area contributed by atoms with Gasteiger partial charge in [-0.2, -0.15) is 0 Å². The first-order valence-corrected chi connectivity index (χ1v) is 6.93. The Morgan fingerprint density at radius 3 is 2.11 bits per heavy atom. The van der Waals surface area contributed by atoms with E-state index in [0.717, 1.165) is 38.5 Å². The molecule has 0 fully saturated rings. The summed E-state index contributed by atoms with van der Waals surface area (Å²) >= 11 is 0. The lowest BCUT2D eigenvalue weighted by molar-refractivity contribution is -0.151. The minimum Gasteiger partial charge on any atom is -0.456 e. The minimum absolute atomic E-state index is 0.0543. The maximum atomic E-state index is 11.4. The molecule has 0 saturated carbocycles. The van der Waals surface area contributed by atoms with Crippen molar-refractivity contribution in [2.24, 2.45) is 0 Å². The lowest BCUT2D eigenvalue weighted by Gasteiger charge is -2.25. The van der Waals surface area contributed by atoms with E-state index in [0.29, 0.717) is 0 Å². The van der Waals surface area contributed by atoms with Crippen molar-refractivity contribution >= 4 is 5.97 Å². The fourth-order valence-electron chi connectivity index (χ4n) is 2.16. The van der Waals surface area contributed by atoms with Crippen molar-refractivity contribution in [1.29, 1.82) is 0 Å². The highest BCUT2D eigenvalue weighted by Gasteiger charge is 2.23. The molecule has 1 rings (SSSR count). The SMILES string of the molecule is C=CC(=O)OC1CC/C=C/CC/C=C/CCC1OC. The van der Waals surface area contributed by atoms with Crippen molar-refractivity contribution in [3.05, 3.63) is 37.0 Å². The molecule has 0 amide bonds. The van der Waals surface area contributed by atoms with Gasteiger partial charge in [-0.05, 0) is 38.5 Å². The van der Waals surface area contributed by atoms with Crippen LogP contribution in [0.4, 0.5) is 0 Å². The summed E-state index contributed by atoms with van der Waals surface area (Å²) in [5.74, 6) is -0.376. The van der Waals surface area contributed by atoms with E-state index in [-0.39, 0.29) is 18.2 Å². The van der Waals surface area contributed by atoms with E-state index >= 15 is 0 Å². The Labute approximate surface area is 116 Å². The van der Waals surface area contributed by atoms with E-state index in [1.54, 1.807) is 7.11 Å². The zero-order valence-corrected chi connectivity index (χ0v) is 11.7. The summed E-state index contributed by atoms with van der Waals surface area (Å²) < 4.78 is 10.9. The topological polar surface area (TPSA) is 35.5 Å². The summed E-state index contributed by atoms with van der Waals surface area (Å²) in [4.78, 5) is 11.4. The molecule has 3 nitrogen and oxygen atoms in total. The van der Waals surface area contributed by atoms with Crippen LogP contribution < -0.4 is 0 Å². The van der Waals surface area contributed by atoms with Gasteiger partial charge in [0.25, 0.3) is 0 Å². The van der Waals surface area contributed by atoms with Gasteiger partial charge in [0.2, 0.25) is 0 Å². The van der Waals surface area contributed by atoms with Crippen LogP contribution in [0, 0.1) is 0 Å². The molecule has 0 N–H and O–H groups in total. The van der Waals surface area contributed by atoms with E-state index in [2.05, 4.69) is 30.9 Å². The van der Waals surface area contributed by atoms with Crippen LogP contribution in [0.25, 0.3) is 0 Å². The zero-order chi connectivity index (χ0) is 13.9. The second-order valence-corrected chi connectivity index (χ2v) is 4.63. The van der Waals surface area contributed by atoms with Crippen molar-refractivity contribution in [2.45, 2.75) is 50.7 Å². The number of allylic oxidation sites excluding steroid dienone is 4. The first-order chi connectivity index (χ1) is 9.27. The zero-order valence-electron chi connectivity index (χ0n) is 11.7. The van der Waals surface area contributed by atoms with Crippen molar-refractivity contribution in [2.75, 3.05) is 7.11 Å². The van der Waals surface area contributed by atoms with Gasteiger partial charge in [-0.1, -0.05) is 30.9 Å². The summed E-state index contributed by atoms with van der Waals surface area (Å²) in [7, 11) is 1.67. The third-order valence-electron chi connectivity index (χ3n) is 3.22. The van der Waals surface area contributed by atoms with Gasteiger partial charge >= 0.3 is 5.97 Å². The number of ether oxygens (including phenoxy) is 2. The highest BCUT2D eigenvalue weighted by molar-refractivity contribution is 5.81. The lowest BCUT2D eigenvalue weighted by atomic mass is 10.0. The normalized spacial score (nSPS) is 28.5. The molecule has 0 aromatic rings. The van der Waals surface area contributed by atoms with Gasteiger partial charge in [-0.3, -0.25) is 0 Å². The van der Waals surface area contributed by atoms with Gasteiger partial charge < -0.3 is 9.47 Å². The van der Waals surface area contributed by atoms with Gasteiger partial charge in [0.15, 0.2) is 0 Å². The largest absolute Gasteiger partial charge is 0.456 e. The number of carbonyl (C=O) groups is 1. The van der Waals surface area contributed by atoms with Gasteiger partial charge in [-0.15, -0.1) is 0 Å². The van der Waals surface area contributed by atoms with Crippen molar-refractivity contribution in [1.82, 2.24) is 0 Å². The van der Waals surface area contributed by atoms with Crippen LogP contribution >= 0.6 is 0 Å². The predicted octanol–water partition coefficient (Wildman–Crippen LogP) is 3.57. The van der Waals surface area contributed by atoms with Crippen LogP contribution in [-0.2, 0) is 14.3 Å². The summed E-state index contributed by atoms with van der Waals surface area (Å²) in [5, 5.41) is 0. The first kappa shape index (κ1) is 15.7. The molecule has 0 aromatic heterocycles. The summed E-state index contributed by atoms with van der Waals surface area (Å²) in [6.07, 6.45) is 15.3. The molecule has 2 atom stereocenters. The van der Waals surface area contributed by atoms with Crippen molar-refractivity contribution in [3.63, 3.8) is 0 Å². The maximum Gasteiger partial charge on any atom is 0.330 e. The minimum atomic E-state index is -0.376. The Hall–Kier alpha value is -1.35. The van der Waals surface area contributed by atoms with Crippen molar-refractivity contribution < 1.29 is 14.3 Å². The van der Waals surface area contributed by atoms with Gasteiger partial charge in [0.1, 0.15) is 6.10 Å². The van der Waals surface area contributed by atoms with Gasteiger partial charge in [-0.25, -0.2) is 4.79 Å². The molecule has 1 aliphatic carbocycles. The number of hydrogen-bond acceptors (Lipinski definition) is 3. The Morgan fingerprint density at radius 1 is 1.05 bits per heavy atom. The van der Waals surface area contributed by atoms with Crippen LogP contribution in [0.15, 0.2) is 37.0 Å². The van der Waals surface area contributed by atoms with Crippen LogP contribution in [0.5, 0.6) is 0 Å². The van der Waals surface area contributed by atoms with E-state index < -0.39 is 0 Å². The molecule has 0 saturated heterocycles. The third-order valence-corrected chi connectivity index (χ3v) is 3.22. The predicted molar refractivity (Wildman–Crippen MR) is 76.9 cm³/mol. The molecule has 0 spiro atoms. The Kier molecular flexibility index (Phi) is 7.91. The van der Waals surface area contributed by atoms with Crippen LogP contribution in [0.2, 0.25) is 0 Å². The number of methoxy groups -OCH3 is 1. The molecule has 0 bridgehead atoms. The maximum absolute atomic E-state index is 11.4. The molecular weight excluding hydrogens is 240 g/mol. The molecule has 1 aliphatic rings. The summed E-state index contributed by atoms with van der Waals surface area (Å²) in [5.41, 5.74) is 0. The fraction of sp³-hybridized carbons (Fsp3) is 0.562. The second-order valence-electron chi connectivity index (χ2n) is 4.63. The monoisotopic (exact) mass is 264 g/mol. The van der Waals surface area contributed by atoms with Gasteiger partial charge in [0, 0.05) is 13.2 Å². The molecule has 106 valence electrons. The summed E-state index contributed by atoms with van der Waals surface area (Å²) in [6.45, 7) is 3.44. The first-order valence-electron chi connectivity index (χ1n) is 6.93. The molecular formula is C16H24O3. The second kappa shape index (κ2) is 9.56. The van der Waals surface area contributed by atoms with E-state index in [1.807, 2.05) is 0 Å². The van der Waals surface area contributed by atoms with E-state index in [4.69, 9.17) is 9.47 Å². The quantitative estimate of drug-likeness (QED) is 0.444. The molecule has 0 aliphatic heterocycles. The van der Waals surface area contributed by atoms with E-state index in [9.17, 15) is 4.79 Å². The highest BCUT2D eigenvalue weighted by atomic mass is 16.6. The average Bonchev–Trinajstić information content (AvgIpc) is 2.41. The molecule has 3 heteroatoms. The molecule has 19 heavy (non-hydrogen) atoms. The lowest BCUT2D eigenvalue weighted by Crippen LogP contribution is -2.32. The highest BCUT2D eigenvalue weighted by Crippen LogP contribution is 2.17. The Bertz CT molecular complexity index is 331. The number of rotatable bonds is 3. The number of carbonyl (C=O) groups excluding carboxylic acids is 1. The average molecular weight is 264 g/mol. The standard InChI is InChI=1S/C16H24O3/c1-3-16(17)19-15-13-11-9-7-5-4-6-8-10-12-14(15)18-2/h3,6-9,14-15H,1,4-5,10-13H2,2H3/b8-6+,9-7+. The molecule has 0 heterocycles.